The Kier molecular flexibility index (Phi) is 4.68. The first-order valence-corrected chi connectivity index (χ1v) is 9.48. The van der Waals surface area contributed by atoms with Gasteiger partial charge in [-0.05, 0) is 33.5 Å². The number of rotatable bonds is 5. The summed E-state index contributed by atoms with van der Waals surface area (Å²) in [6.45, 7) is 9.02. The fourth-order valence-electron chi connectivity index (χ4n) is 3.63. The molecule has 4 aromatic rings. The van der Waals surface area contributed by atoms with Gasteiger partial charge in [0.05, 0.1) is 6.61 Å². The fourth-order valence-corrected chi connectivity index (χ4v) is 3.63. The summed E-state index contributed by atoms with van der Waals surface area (Å²) in [4.78, 5) is 0. The average Bonchev–Trinajstić information content (AvgIpc) is 2.70. The molecule has 0 aliphatic heterocycles. The summed E-state index contributed by atoms with van der Waals surface area (Å²) in [5, 5.41) is 4.97. The van der Waals surface area contributed by atoms with Crippen LogP contribution in [0, 0.1) is 5.92 Å². The second kappa shape index (κ2) is 7.28. The van der Waals surface area contributed by atoms with E-state index >= 15 is 0 Å². The normalized spacial score (nSPS) is 11.2. The quantitative estimate of drug-likeness (QED) is 0.341. The molecular formula is C26H24O. The molecule has 0 heterocycles. The maximum Gasteiger partial charge on any atom is 0.134 e. The van der Waals surface area contributed by atoms with Crippen molar-refractivity contribution in [1.82, 2.24) is 0 Å². The zero-order valence-corrected chi connectivity index (χ0v) is 15.9. The van der Waals surface area contributed by atoms with E-state index < -0.39 is 0 Å². The molecule has 0 aromatic heterocycles. The molecule has 4 aromatic carbocycles. The van der Waals surface area contributed by atoms with Crippen molar-refractivity contribution in [2.45, 2.75) is 13.8 Å². The van der Waals surface area contributed by atoms with Crippen molar-refractivity contribution in [3.8, 4) is 16.9 Å². The van der Waals surface area contributed by atoms with Gasteiger partial charge < -0.3 is 4.74 Å². The van der Waals surface area contributed by atoms with Crippen LogP contribution in [0.1, 0.15) is 19.4 Å². The highest BCUT2D eigenvalue weighted by Gasteiger charge is 2.16. The van der Waals surface area contributed by atoms with Crippen LogP contribution in [0.25, 0.3) is 38.7 Å². The highest BCUT2D eigenvalue weighted by Crippen LogP contribution is 2.42. The molecule has 1 nitrogen and oxygen atoms in total. The van der Waals surface area contributed by atoms with Crippen LogP contribution in [-0.4, -0.2) is 6.61 Å². The maximum absolute atomic E-state index is 6.30. The largest absolute Gasteiger partial charge is 0.492 e. The number of fused-ring (bicyclic) bond motifs is 2. The zero-order chi connectivity index (χ0) is 18.8. The Morgan fingerprint density at radius 1 is 0.852 bits per heavy atom. The summed E-state index contributed by atoms with van der Waals surface area (Å²) in [7, 11) is 0. The van der Waals surface area contributed by atoms with Crippen LogP contribution >= 0.6 is 0 Å². The van der Waals surface area contributed by atoms with Gasteiger partial charge in [0.2, 0.25) is 0 Å². The lowest BCUT2D eigenvalue weighted by Crippen LogP contribution is -2.06. The van der Waals surface area contributed by atoms with Gasteiger partial charge in [-0.15, -0.1) is 0 Å². The second-order valence-corrected chi connectivity index (χ2v) is 7.33. The fraction of sp³-hybridized carbons (Fsp3) is 0.154. The molecule has 0 amide bonds. The van der Waals surface area contributed by atoms with E-state index in [0.717, 1.165) is 16.9 Å². The Morgan fingerprint density at radius 2 is 1.48 bits per heavy atom. The SMILES string of the molecule is C=Cc1cccc(-c2c3ccccc3cc3ccccc23)c1OCC(C)C. The minimum Gasteiger partial charge on any atom is -0.492 e. The van der Waals surface area contributed by atoms with Crippen LogP contribution in [0.5, 0.6) is 5.75 Å². The van der Waals surface area contributed by atoms with Gasteiger partial charge in [-0.2, -0.15) is 0 Å². The van der Waals surface area contributed by atoms with Crippen molar-refractivity contribution in [2.75, 3.05) is 6.61 Å². The zero-order valence-electron chi connectivity index (χ0n) is 15.9. The Balaban J connectivity index is 2.08. The highest BCUT2D eigenvalue weighted by atomic mass is 16.5. The lowest BCUT2D eigenvalue weighted by atomic mass is 9.90. The van der Waals surface area contributed by atoms with Gasteiger partial charge in [0, 0.05) is 16.7 Å². The predicted octanol–water partition coefficient (Wildman–Crippen LogP) is 7.34. The second-order valence-electron chi connectivity index (χ2n) is 7.33. The molecule has 0 atom stereocenters. The van der Waals surface area contributed by atoms with E-state index in [4.69, 9.17) is 4.74 Å². The van der Waals surface area contributed by atoms with Gasteiger partial charge in [-0.1, -0.05) is 93.2 Å². The Hall–Kier alpha value is -3.06. The summed E-state index contributed by atoms with van der Waals surface area (Å²) >= 11 is 0. The Labute approximate surface area is 160 Å². The van der Waals surface area contributed by atoms with Crippen molar-refractivity contribution in [1.29, 1.82) is 0 Å². The third-order valence-electron chi connectivity index (χ3n) is 4.87. The first-order chi connectivity index (χ1) is 13.2. The van der Waals surface area contributed by atoms with Gasteiger partial charge in [-0.3, -0.25) is 0 Å². The van der Waals surface area contributed by atoms with E-state index in [1.165, 1.54) is 27.1 Å². The molecule has 0 fully saturated rings. The standard InChI is InChI=1S/C26H24O/c1-4-19-12-9-15-24(26(19)27-17-18(2)3)25-22-13-7-5-10-20(22)16-21-11-6-8-14-23(21)25/h4-16,18H,1,17H2,2-3H3. The Bertz CT molecular complexity index is 1070. The topological polar surface area (TPSA) is 9.23 Å². The van der Waals surface area contributed by atoms with Gasteiger partial charge in [0.1, 0.15) is 5.75 Å². The van der Waals surface area contributed by atoms with Crippen molar-refractivity contribution in [3.63, 3.8) is 0 Å². The third kappa shape index (κ3) is 3.21. The molecule has 0 N–H and O–H groups in total. The number of hydrogen-bond acceptors (Lipinski definition) is 1. The summed E-state index contributed by atoms with van der Waals surface area (Å²) in [5.41, 5.74) is 3.39. The van der Waals surface area contributed by atoms with Crippen LogP contribution in [0.3, 0.4) is 0 Å². The number of benzene rings is 4. The van der Waals surface area contributed by atoms with Crippen LogP contribution < -0.4 is 4.74 Å². The number of hydrogen-bond donors (Lipinski definition) is 0. The van der Waals surface area contributed by atoms with E-state index in [1.54, 1.807) is 0 Å². The molecule has 0 bridgehead atoms. The smallest absolute Gasteiger partial charge is 0.134 e. The van der Waals surface area contributed by atoms with Crippen LogP contribution in [0.2, 0.25) is 0 Å². The Morgan fingerprint density at radius 3 is 2.07 bits per heavy atom. The molecule has 0 aliphatic carbocycles. The van der Waals surface area contributed by atoms with Gasteiger partial charge in [0.15, 0.2) is 0 Å². The molecular weight excluding hydrogens is 328 g/mol. The average molecular weight is 352 g/mol. The van der Waals surface area contributed by atoms with Crippen molar-refractivity contribution in [2.24, 2.45) is 5.92 Å². The summed E-state index contributed by atoms with van der Waals surface area (Å²) < 4.78 is 6.30. The molecule has 134 valence electrons. The lowest BCUT2D eigenvalue weighted by molar-refractivity contribution is 0.271. The van der Waals surface area contributed by atoms with E-state index in [0.29, 0.717) is 12.5 Å². The van der Waals surface area contributed by atoms with Crippen LogP contribution in [0.15, 0.2) is 79.4 Å². The maximum atomic E-state index is 6.30. The molecule has 1 heteroatoms. The predicted molar refractivity (Wildman–Crippen MR) is 117 cm³/mol. The molecule has 0 aliphatic rings. The number of ether oxygens (including phenoxy) is 1. The summed E-state index contributed by atoms with van der Waals surface area (Å²) in [6.07, 6.45) is 1.88. The van der Waals surface area contributed by atoms with E-state index in [2.05, 4.69) is 93.2 Å². The van der Waals surface area contributed by atoms with Crippen molar-refractivity contribution >= 4 is 27.6 Å². The van der Waals surface area contributed by atoms with Crippen LogP contribution in [0.4, 0.5) is 0 Å². The summed E-state index contributed by atoms with van der Waals surface area (Å²) in [6, 6.07) is 25.7. The molecule has 4 rings (SSSR count). The molecule has 27 heavy (non-hydrogen) atoms. The van der Waals surface area contributed by atoms with Crippen LogP contribution in [-0.2, 0) is 0 Å². The van der Waals surface area contributed by atoms with Crippen molar-refractivity contribution < 1.29 is 4.74 Å². The third-order valence-corrected chi connectivity index (χ3v) is 4.87. The molecule has 0 saturated heterocycles. The molecule has 0 radical (unpaired) electrons. The van der Waals surface area contributed by atoms with Crippen molar-refractivity contribution in [3.05, 3.63) is 84.9 Å². The minimum absolute atomic E-state index is 0.458. The minimum atomic E-state index is 0.458. The first kappa shape index (κ1) is 17.4. The van der Waals surface area contributed by atoms with Gasteiger partial charge in [0.25, 0.3) is 0 Å². The lowest BCUT2D eigenvalue weighted by Gasteiger charge is -2.19. The van der Waals surface area contributed by atoms with E-state index in [9.17, 15) is 0 Å². The monoisotopic (exact) mass is 352 g/mol. The van der Waals surface area contributed by atoms with Gasteiger partial charge >= 0.3 is 0 Å². The number of para-hydroxylation sites is 1. The van der Waals surface area contributed by atoms with E-state index in [-0.39, 0.29) is 0 Å². The van der Waals surface area contributed by atoms with E-state index in [1.807, 2.05) is 6.08 Å². The first-order valence-electron chi connectivity index (χ1n) is 9.48. The summed E-state index contributed by atoms with van der Waals surface area (Å²) in [5.74, 6) is 1.38. The molecule has 0 saturated carbocycles. The van der Waals surface area contributed by atoms with Gasteiger partial charge in [-0.25, -0.2) is 0 Å². The molecule has 0 spiro atoms. The molecule has 0 unspecified atom stereocenters. The highest BCUT2D eigenvalue weighted by molar-refractivity contribution is 6.13.